The van der Waals surface area contributed by atoms with Crippen LogP contribution in [0.25, 0.3) is 0 Å². The zero-order valence-corrected chi connectivity index (χ0v) is 9.67. The van der Waals surface area contributed by atoms with E-state index >= 15 is 0 Å². The number of halogens is 1. The number of anilines is 1. The third-order valence-corrected chi connectivity index (χ3v) is 2.21. The van der Waals surface area contributed by atoms with E-state index in [0.29, 0.717) is 6.54 Å². The van der Waals surface area contributed by atoms with E-state index < -0.39 is 11.4 Å². The summed E-state index contributed by atoms with van der Waals surface area (Å²) in [5.74, 6) is -0.817. The van der Waals surface area contributed by atoms with Gasteiger partial charge in [-0.3, -0.25) is 9.78 Å². The summed E-state index contributed by atoms with van der Waals surface area (Å²) in [6, 6.07) is 1.43. The van der Waals surface area contributed by atoms with Crippen LogP contribution in [-0.4, -0.2) is 23.0 Å². The Labute approximate surface area is 94.3 Å². The third-order valence-electron chi connectivity index (χ3n) is 2.21. The molecule has 0 unspecified atom stereocenters. The average Bonchev–Trinajstić information content (AvgIpc) is 2.21. The molecular formula is C11H16FN3O. The summed E-state index contributed by atoms with van der Waals surface area (Å²) in [5, 5.41) is 5.53. The zero-order valence-electron chi connectivity index (χ0n) is 9.67. The van der Waals surface area contributed by atoms with E-state index in [0.717, 1.165) is 6.20 Å². The van der Waals surface area contributed by atoms with Crippen molar-refractivity contribution >= 4 is 11.6 Å². The summed E-state index contributed by atoms with van der Waals surface area (Å²) in [6.07, 6.45) is 2.49. The first-order valence-corrected chi connectivity index (χ1v) is 5.13. The molecule has 0 aromatic carbocycles. The molecule has 0 spiro atoms. The van der Waals surface area contributed by atoms with Gasteiger partial charge in [-0.05, 0) is 26.5 Å². The summed E-state index contributed by atoms with van der Waals surface area (Å²) < 4.78 is 13.2. The van der Waals surface area contributed by atoms with Gasteiger partial charge in [-0.15, -0.1) is 0 Å². The fourth-order valence-electron chi connectivity index (χ4n) is 1.28. The molecular weight excluding hydrogens is 209 g/mol. The molecule has 1 rings (SSSR count). The number of aromatic nitrogens is 1. The topological polar surface area (TPSA) is 54.0 Å². The number of rotatable bonds is 4. The molecule has 1 aromatic heterocycles. The van der Waals surface area contributed by atoms with Crippen LogP contribution in [-0.2, 0) is 4.79 Å². The maximum atomic E-state index is 13.2. The molecule has 16 heavy (non-hydrogen) atoms. The molecule has 0 aliphatic heterocycles. The highest BCUT2D eigenvalue weighted by Gasteiger charge is 2.26. The van der Waals surface area contributed by atoms with Crippen molar-refractivity contribution in [2.75, 3.05) is 11.9 Å². The molecule has 88 valence electrons. The van der Waals surface area contributed by atoms with Gasteiger partial charge in [-0.2, -0.15) is 0 Å². The number of pyridine rings is 1. The van der Waals surface area contributed by atoms with Gasteiger partial charge in [0.05, 0.1) is 17.4 Å². The van der Waals surface area contributed by atoms with E-state index in [9.17, 15) is 9.18 Å². The van der Waals surface area contributed by atoms with E-state index in [4.69, 9.17) is 0 Å². The number of amides is 1. The number of hydrogen-bond acceptors (Lipinski definition) is 3. The van der Waals surface area contributed by atoms with Crippen LogP contribution in [0.1, 0.15) is 20.8 Å². The predicted octanol–water partition coefficient (Wildman–Crippen LogP) is 1.55. The Morgan fingerprint density at radius 1 is 1.56 bits per heavy atom. The second kappa shape index (κ2) is 5.03. The lowest BCUT2D eigenvalue weighted by Gasteiger charge is -2.24. The van der Waals surface area contributed by atoms with Crippen LogP contribution >= 0.6 is 0 Å². The third kappa shape index (κ3) is 3.00. The van der Waals surface area contributed by atoms with Crippen LogP contribution in [0.2, 0.25) is 0 Å². The number of nitrogens with one attached hydrogen (secondary N) is 2. The van der Waals surface area contributed by atoms with Crippen LogP contribution in [0.4, 0.5) is 10.1 Å². The van der Waals surface area contributed by atoms with Gasteiger partial charge in [0.25, 0.3) is 0 Å². The van der Waals surface area contributed by atoms with Gasteiger partial charge in [0, 0.05) is 6.20 Å². The largest absolute Gasteiger partial charge is 0.322 e. The normalized spacial score (nSPS) is 11.2. The van der Waals surface area contributed by atoms with Crippen molar-refractivity contribution in [3.63, 3.8) is 0 Å². The maximum absolute atomic E-state index is 13.2. The first kappa shape index (κ1) is 12.6. The smallest absolute Gasteiger partial charge is 0.244 e. The standard InChI is InChI=1S/C11H16FN3O/c1-4-14-11(2,3)10(16)15-9-5-6-13-7-8(9)12/h5-7,14H,4H2,1-3H3,(H,13,15,16). The second-order valence-corrected chi connectivity index (χ2v) is 3.96. The van der Waals surface area contributed by atoms with Crippen molar-refractivity contribution in [3.8, 4) is 0 Å². The Morgan fingerprint density at radius 2 is 2.25 bits per heavy atom. The zero-order chi connectivity index (χ0) is 12.2. The lowest BCUT2D eigenvalue weighted by molar-refractivity contribution is -0.121. The molecule has 0 saturated heterocycles. The van der Waals surface area contributed by atoms with Crippen molar-refractivity contribution in [3.05, 3.63) is 24.3 Å². The Kier molecular flexibility index (Phi) is 3.95. The lowest BCUT2D eigenvalue weighted by atomic mass is 10.0. The van der Waals surface area contributed by atoms with Gasteiger partial charge in [-0.25, -0.2) is 4.39 Å². The minimum atomic E-state index is -0.732. The highest BCUT2D eigenvalue weighted by atomic mass is 19.1. The summed E-state index contributed by atoms with van der Waals surface area (Å²) in [4.78, 5) is 15.4. The summed E-state index contributed by atoms with van der Waals surface area (Å²) in [7, 11) is 0. The fraction of sp³-hybridized carbons (Fsp3) is 0.455. The van der Waals surface area contributed by atoms with Gasteiger partial charge in [0.15, 0.2) is 5.82 Å². The molecule has 0 saturated carbocycles. The van der Waals surface area contributed by atoms with Crippen LogP contribution < -0.4 is 10.6 Å². The molecule has 1 aromatic rings. The minimum Gasteiger partial charge on any atom is -0.322 e. The SMILES string of the molecule is CCNC(C)(C)C(=O)Nc1ccncc1F. The summed E-state index contributed by atoms with van der Waals surface area (Å²) in [6.45, 7) is 6.05. The second-order valence-electron chi connectivity index (χ2n) is 3.96. The van der Waals surface area contributed by atoms with Crippen LogP contribution in [0, 0.1) is 5.82 Å². The minimum absolute atomic E-state index is 0.144. The lowest BCUT2D eigenvalue weighted by Crippen LogP contribution is -2.49. The van der Waals surface area contributed by atoms with E-state index in [2.05, 4.69) is 15.6 Å². The number of nitrogens with zero attached hydrogens (tertiary/aromatic N) is 1. The van der Waals surface area contributed by atoms with E-state index in [1.165, 1.54) is 12.3 Å². The van der Waals surface area contributed by atoms with Crippen molar-refractivity contribution in [2.24, 2.45) is 0 Å². The number of carbonyl (C=O) groups excluding carboxylic acids is 1. The molecule has 0 atom stereocenters. The molecule has 0 aliphatic carbocycles. The molecule has 0 radical (unpaired) electrons. The first-order chi connectivity index (χ1) is 7.47. The van der Waals surface area contributed by atoms with Crippen molar-refractivity contribution in [1.82, 2.24) is 10.3 Å². The summed E-state index contributed by atoms with van der Waals surface area (Å²) in [5.41, 5.74) is -0.587. The molecule has 4 nitrogen and oxygen atoms in total. The molecule has 0 fully saturated rings. The predicted molar refractivity (Wildman–Crippen MR) is 60.6 cm³/mol. The highest BCUT2D eigenvalue weighted by molar-refractivity contribution is 5.97. The number of carbonyl (C=O) groups is 1. The van der Waals surface area contributed by atoms with Gasteiger partial charge in [-0.1, -0.05) is 6.92 Å². The van der Waals surface area contributed by atoms with Crippen LogP contribution in [0.5, 0.6) is 0 Å². The Hall–Kier alpha value is -1.49. The maximum Gasteiger partial charge on any atom is 0.244 e. The van der Waals surface area contributed by atoms with Crippen molar-refractivity contribution < 1.29 is 9.18 Å². The Balaban J connectivity index is 2.75. The van der Waals surface area contributed by atoms with Crippen molar-refractivity contribution in [2.45, 2.75) is 26.3 Å². The quantitative estimate of drug-likeness (QED) is 0.817. The molecule has 1 amide bonds. The molecule has 0 aliphatic rings. The van der Waals surface area contributed by atoms with E-state index in [-0.39, 0.29) is 11.6 Å². The van der Waals surface area contributed by atoms with Crippen LogP contribution in [0.3, 0.4) is 0 Å². The Bertz CT molecular complexity index is 379. The number of likely N-dealkylation sites (N-methyl/N-ethyl adjacent to an activating group) is 1. The van der Waals surface area contributed by atoms with E-state index in [1.54, 1.807) is 13.8 Å². The molecule has 0 bridgehead atoms. The van der Waals surface area contributed by atoms with Crippen LogP contribution in [0.15, 0.2) is 18.5 Å². The monoisotopic (exact) mass is 225 g/mol. The molecule has 5 heteroatoms. The van der Waals surface area contributed by atoms with Crippen molar-refractivity contribution in [1.29, 1.82) is 0 Å². The highest BCUT2D eigenvalue weighted by Crippen LogP contribution is 2.13. The number of hydrogen-bond donors (Lipinski definition) is 2. The van der Waals surface area contributed by atoms with Gasteiger partial charge >= 0.3 is 0 Å². The average molecular weight is 225 g/mol. The molecule has 1 heterocycles. The first-order valence-electron chi connectivity index (χ1n) is 5.13. The van der Waals surface area contributed by atoms with E-state index in [1.807, 2.05) is 6.92 Å². The van der Waals surface area contributed by atoms with Gasteiger partial charge in [0.1, 0.15) is 0 Å². The molecule has 2 N–H and O–H groups in total. The summed E-state index contributed by atoms with van der Waals surface area (Å²) >= 11 is 0. The Morgan fingerprint density at radius 3 is 2.81 bits per heavy atom. The fourth-order valence-corrected chi connectivity index (χ4v) is 1.28. The van der Waals surface area contributed by atoms with Gasteiger partial charge < -0.3 is 10.6 Å². The van der Waals surface area contributed by atoms with Gasteiger partial charge in [0.2, 0.25) is 5.91 Å².